The first-order valence-electron chi connectivity index (χ1n) is 5.82. The zero-order valence-electron chi connectivity index (χ0n) is 10.4. The van der Waals surface area contributed by atoms with E-state index < -0.39 is 11.6 Å². The lowest BCUT2D eigenvalue weighted by Crippen LogP contribution is -2.24. The molecule has 2 rings (SSSR count). The molecular formula is C14H12F2N2S. The van der Waals surface area contributed by atoms with Gasteiger partial charge in [-0.05, 0) is 30.5 Å². The van der Waals surface area contributed by atoms with Crippen molar-refractivity contribution in [2.24, 2.45) is 0 Å². The van der Waals surface area contributed by atoms with Crippen molar-refractivity contribution in [3.8, 4) is 6.07 Å². The van der Waals surface area contributed by atoms with Crippen LogP contribution in [0.3, 0.4) is 0 Å². The smallest absolute Gasteiger partial charge is 0.150 e. The Morgan fingerprint density at radius 2 is 2.00 bits per heavy atom. The molecule has 98 valence electrons. The molecule has 0 saturated carbocycles. The third-order valence-corrected chi connectivity index (χ3v) is 3.63. The molecular weight excluding hydrogens is 266 g/mol. The summed E-state index contributed by atoms with van der Waals surface area (Å²) < 4.78 is 27.9. The third-order valence-electron chi connectivity index (χ3n) is 2.77. The van der Waals surface area contributed by atoms with E-state index in [1.807, 2.05) is 24.4 Å². The van der Waals surface area contributed by atoms with Crippen LogP contribution in [0.2, 0.25) is 0 Å². The van der Waals surface area contributed by atoms with Crippen LogP contribution in [0.4, 0.5) is 14.5 Å². The molecule has 0 radical (unpaired) electrons. The molecule has 1 aromatic heterocycles. The summed E-state index contributed by atoms with van der Waals surface area (Å²) in [6.45, 7) is 2.77. The SMILES string of the molecule is CCN(Cc1cccs1)c1c(F)cc(C#N)cc1F. The van der Waals surface area contributed by atoms with Gasteiger partial charge in [0.05, 0.1) is 18.2 Å². The zero-order valence-corrected chi connectivity index (χ0v) is 11.2. The summed E-state index contributed by atoms with van der Waals surface area (Å²) in [4.78, 5) is 2.66. The van der Waals surface area contributed by atoms with Crippen LogP contribution in [0.5, 0.6) is 0 Å². The Hall–Kier alpha value is -1.93. The first-order chi connectivity index (χ1) is 9.15. The van der Waals surface area contributed by atoms with Crippen LogP contribution in [0.15, 0.2) is 29.6 Å². The van der Waals surface area contributed by atoms with Gasteiger partial charge in [0.25, 0.3) is 0 Å². The average molecular weight is 278 g/mol. The van der Waals surface area contributed by atoms with Crippen molar-refractivity contribution in [1.82, 2.24) is 0 Å². The van der Waals surface area contributed by atoms with Crippen LogP contribution in [0, 0.1) is 23.0 Å². The van der Waals surface area contributed by atoms with Crippen molar-refractivity contribution >= 4 is 17.0 Å². The largest absolute Gasteiger partial charge is 0.362 e. The topological polar surface area (TPSA) is 27.0 Å². The molecule has 0 bridgehead atoms. The Bertz CT molecular complexity index is 579. The molecule has 1 aromatic carbocycles. The van der Waals surface area contributed by atoms with E-state index in [1.54, 1.807) is 22.3 Å². The molecule has 2 aromatic rings. The Morgan fingerprint density at radius 1 is 1.32 bits per heavy atom. The number of nitrogens with zero attached hydrogens (tertiary/aromatic N) is 2. The molecule has 0 spiro atoms. The summed E-state index contributed by atoms with van der Waals surface area (Å²) >= 11 is 1.54. The van der Waals surface area contributed by atoms with Crippen molar-refractivity contribution < 1.29 is 8.78 Å². The van der Waals surface area contributed by atoms with E-state index in [-0.39, 0.29) is 11.3 Å². The van der Waals surface area contributed by atoms with E-state index in [9.17, 15) is 8.78 Å². The fourth-order valence-corrected chi connectivity index (χ4v) is 2.59. The highest BCUT2D eigenvalue weighted by atomic mass is 32.1. The first-order valence-corrected chi connectivity index (χ1v) is 6.70. The van der Waals surface area contributed by atoms with Gasteiger partial charge in [0.15, 0.2) is 11.6 Å². The Kier molecular flexibility index (Phi) is 4.13. The van der Waals surface area contributed by atoms with Crippen molar-refractivity contribution in [3.63, 3.8) is 0 Å². The summed E-state index contributed by atoms with van der Waals surface area (Å²) in [5.41, 5.74) is -0.0826. The molecule has 0 unspecified atom stereocenters. The van der Waals surface area contributed by atoms with E-state index >= 15 is 0 Å². The van der Waals surface area contributed by atoms with E-state index in [2.05, 4.69) is 0 Å². The van der Waals surface area contributed by atoms with Gasteiger partial charge in [0.2, 0.25) is 0 Å². The second-order valence-corrected chi connectivity index (χ2v) is 5.03. The van der Waals surface area contributed by atoms with E-state index in [4.69, 9.17) is 5.26 Å². The highest BCUT2D eigenvalue weighted by molar-refractivity contribution is 7.09. The van der Waals surface area contributed by atoms with Gasteiger partial charge in [-0.2, -0.15) is 5.26 Å². The quantitative estimate of drug-likeness (QED) is 0.847. The van der Waals surface area contributed by atoms with Crippen molar-refractivity contribution in [2.75, 3.05) is 11.4 Å². The number of thiophene rings is 1. The lowest BCUT2D eigenvalue weighted by atomic mass is 10.2. The molecule has 0 aliphatic heterocycles. The maximum atomic E-state index is 13.9. The Balaban J connectivity index is 2.36. The maximum absolute atomic E-state index is 13.9. The summed E-state index contributed by atoms with van der Waals surface area (Å²) in [6.07, 6.45) is 0. The lowest BCUT2D eigenvalue weighted by Gasteiger charge is -2.23. The number of rotatable bonds is 4. The normalized spacial score (nSPS) is 10.2. The number of hydrogen-bond acceptors (Lipinski definition) is 3. The number of nitriles is 1. The highest BCUT2D eigenvalue weighted by Gasteiger charge is 2.17. The molecule has 1 heterocycles. The predicted molar refractivity (Wildman–Crippen MR) is 72.1 cm³/mol. The minimum Gasteiger partial charge on any atom is -0.362 e. The summed E-state index contributed by atoms with van der Waals surface area (Å²) in [5.74, 6) is -1.40. The molecule has 0 saturated heterocycles. The van der Waals surface area contributed by atoms with Crippen LogP contribution < -0.4 is 4.90 Å². The van der Waals surface area contributed by atoms with E-state index in [0.29, 0.717) is 13.1 Å². The predicted octanol–water partition coefficient (Wildman–Crippen LogP) is 3.92. The van der Waals surface area contributed by atoms with Gasteiger partial charge in [0, 0.05) is 11.4 Å². The molecule has 19 heavy (non-hydrogen) atoms. The summed E-state index contributed by atoms with van der Waals surface area (Å²) in [5, 5.41) is 10.6. The second kappa shape index (κ2) is 5.81. The first kappa shape index (κ1) is 13.5. The number of halogens is 2. The third kappa shape index (κ3) is 2.91. The molecule has 0 aliphatic carbocycles. The van der Waals surface area contributed by atoms with Gasteiger partial charge in [-0.3, -0.25) is 0 Å². The fourth-order valence-electron chi connectivity index (χ4n) is 1.87. The van der Waals surface area contributed by atoms with Gasteiger partial charge in [-0.1, -0.05) is 6.07 Å². The fraction of sp³-hybridized carbons (Fsp3) is 0.214. The zero-order chi connectivity index (χ0) is 13.8. The van der Waals surface area contributed by atoms with Gasteiger partial charge in [0.1, 0.15) is 5.69 Å². The second-order valence-electron chi connectivity index (χ2n) is 3.99. The maximum Gasteiger partial charge on any atom is 0.150 e. The van der Waals surface area contributed by atoms with Crippen LogP contribution in [0.1, 0.15) is 17.4 Å². The molecule has 5 heteroatoms. The van der Waals surface area contributed by atoms with Gasteiger partial charge in [-0.25, -0.2) is 8.78 Å². The van der Waals surface area contributed by atoms with E-state index in [0.717, 1.165) is 17.0 Å². The molecule has 0 N–H and O–H groups in total. The minimum absolute atomic E-state index is 0.00840. The van der Waals surface area contributed by atoms with Gasteiger partial charge >= 0.3 is 0 Å². The summed E-state index contributed by atoms with van der Waals surface area (Å²) in [6, 6.07) is 7.70. The molecule has 0 aliphatic rings. The van der Waals surface area contributed by atoms with Crippen molar-refractivity contribution in [2.45, 2.75) is 13.5 Å². The van der Waals surface area contributed by atoms with Crippen molar-refractivity contribution in [3.05, 3.63) is 51.7 Å². The van der Waals surface area contributed by atoms with Crippen LogP contribution >= 0.6 is 11.3 Å². The van der Waals surface area contributed by atoms with Gasteiger partial charge < -0.3 is 4.90 Å². The van der Waals surface area contributed by atoms with Gasteiger partial charge in [-0.15, -0.1) is 11.3 Å². The molecule has 0 fully saturated rings. The monoisotopic (exact) mass is 278 g/mol. The Morgan fingerprint density at radius 3 is 2.47 bits per heavy atom. The van der Waals surface area contributed by atoms with Crippen LogP contribution in [0.25, 0.3) is 0 Å². The number of anilines is 1. The van der Waals surface area contributed by atoms with E-state index in [1.165, 1.54) is 0 Å². The average Bonchev–Trinajstić information content (AvgIpc) is 2.89. The molecule has 0 atom stereocenters. The van der Waals surface area contributed by atoms with Crippen LogP contribution in [-0.4, -0.2) is 6.54 Å². The number of benzene rings is 1. The minimum atomic E-state index is -0.699. The Labute approximate surface area is 114 Å². The number of hydrogen-bond donors (Lipinski definition) is 0. The molecule has 2 nitrogen and oxygen atoms in total. The summed E-state index contributed by atoms with van der Waals surface area (Å²) in [7, 11) is 0. The highest BCUT2D eigenvalue weighted by Crippen LogP contribution is 2.27. The van der Waals surface area contributed by atoms with Crippen LogP contribution in [-0.2, 0) is 6.54 Å². The lowest BCUT2D eigenvalue weighted by molar-refractivity contribution is 0.571. The molecule has 0 amide bonds. The standard InChI is InChI=1S/C14H12F2N2S/c1-2-18(9-11-4-3-5-19-11)14-12(15)6-10(8-17)7-13(14)16/h3-7H,2,9H2,1H3. The van der Waals surface area contributed by atoms with Crippen molar-refractivity contribution in [1.29, 1.82) is 5.26 Å².